The van der Waals surface area contributed by atoms with Crippen LogP contribution in [0.2, 0.25) is 0 Å². The largest absolute Gasteiger partial charge is 0.370 e. The van der Waals surface area contributed by atoms with Crippen LogP contribution in [0.25, 0.3) is 0 Å². The molecule has 0 spiro atoms. The molecule has 1 heterocycles. The van der Waals surface area contributed by atoms with Gasteiger partial charge in [0.05, 0.1) is 26.3 Å². The van der Waals surface area contributed by atoms with Gasteiger partial charge >= 0.3 is 0 Å². The van der Waals surface area contributed by atoms with Gasteiger partial charge in [-0.25, -0.2) is 0 Å². The third-order valence-corrected chi connectivity index (χ3v) is 7.35. The van der Waals surface area contributed by atoms with Crippen molar-refractivity contribution in [1.29, 1.82) is 0 Å². The first-order valence-electron chi connectivity index (χ1n) is 11.2. The average Bonchev–Trinajstić information content (AvgIpc) is 3.30. The Morgan fingerprint density at radius 3 is 2.58 bits per heavy atom. The number of rotatable bonds is 7. The number of quaternary nitrogens is 1. The molecule has 4 heteroatoms. The predicted octanol–water partition coefficient (Wildman–Crippen LogP) is 1.91. The van der Waals surface area contributed by atoms with E-state index in [0.717, 1.165) is 64.2 Å². The minimum atomic E-state index is 0.441. The highest BCUT2D eigenvalue weighted by atomic mass is 16.5. The van der Waals surface area contributed by atoms with E-state index >= 15 is 0 Å². The standard InChI is InChI=1S/C22H36N2O2/c25-22(16-18-4-2-1-3-5-18)24(9-8-23-10-12-26-13-11-23)17-21-15-19-6-7-20(21)14-19/h6-7,18-21H,1-5,8-17H2/p+1/t19-,20+,21+/m1/s1. The quantitative estimate of drug-likeness (QED) is 0.703. The Balaban J connectivity index is 1.33. The van der Waals surface area contributed by atoms with Crippen LogP contribution in [0, 0.1) is 23.7 Å². The summed E-state index contributed by atoms with van der Waals surface area (Å²) in [5.74, 6) is 3.33. The van der Waals surface area contributed by atoms with Crippen LogP contribution in [0.3, 0.4) is 0 Å². The topological polar surface area (TPSA) is 34.0 Å². The molecular weight excluding hydrogens is 324 g/mol. The average molecular weight is 362 g/mol. The smallest absolute Gasteiger partial charge is 0.223 e. The molecule has 1 amide bonds. The number of hydrogen-bond donors (Lipinski definition) is 1. The summed E-state index contributed by atoms with van der Waals surface area (Å²) in [6, 6.07) is 0. The number of carbonyl (C=O) groups excluding carboxylic acids is 1. The lowest BCUT2D eigenvalue weighted by Gasteiger charge is -2.32. The number of nitrogens with zero attached hydrogens (tertiary/aromatic N) is 1. The summed E-state index contributed by atoms with van der Waals surface area (Å²) < 4.78 is 5.49. The molecule has 1 saturated heterocycles. The molecule has 0 aromatic heterocycles. The summed E-state index contributed by atoms with van der Waals surface area (Å²) in [6.07, 6.45) is 14.8. The summed E-state index contributed by atoms with van der Waals surface area (Å²) in [6.45, 7) is 6.99. The Kier molecular flexibility index (Phi) is 6.31. The van der Waals surface area contributed by atoms with E-state index in [-0.39, 0.29) is 0 Å². The van der Waals surface area contributed by atoms with Crippen molar-refractivity contribution in [2.75, 3.05) is 45.9 Å². The van der Waals surface area contributed by atoms with Crippen molar-refractivity contribution in [3.05, 3.63) is 12.2 Å². The molecule has 0 aromatic rings. The highest BCUT2D eigenvalue weighted by Gasteiger charge is 2.37. The SMILES string of the molecule is O=C(CC1CCCCC1)N(CC[NH+]1CCOCC1)C[C@@H]1C[C@@H]2C=C[C@H]1C2. The molecule has 3 fully saturated rings. The number of allylic oxidation sites excluding steroid dienone is 2. The number of fused-ring (bicyclic) bond motifs is 2. The molecular formula is C22H37N2O2+. The third kappa shape index (κ3) is 4.69. The van der Waals surface area contributed by atoms with Gasteiger partial charge in [0.15, 0.2) is 0 Å². The zero-order chi connectivity index (χ0) is 17.8. The van der Waals surface area contributed by atoms with E-state index in [1.165, 1.54) is 44.9 Å². The van der Waals surface area contributed by atoms with E-state index in [2.05, 4.69) is 17.1 Å². The molecule has 0 aromatic carbocycles. The van der Waals surface area contributed by atoms with E-state index in [9.17, 15) is 4.79 Å². The maximum Gasteiger partial charge on any atom is 0.223 e. The molecule has 4 rings (SSSR count). The van der Waals surface area contributed by atoms with Crippen LogP contribution < -0.4 is 4.90 Å². The minimum Gasteiger partial charge on any atom is -0.370 e. The van der Waals surface area contributed by atoms with Crippen molar-refractivity contribution in [2.24, 2.45) is 23.7 Å². The number of hydrogen-bond acceptors (Lipinski definition) is 2. The number of nitrogens with one attached hydrogen (secondary N) is 1. The van der Waals surface area contributed by atoms with Crippen molar-refractivity contribution < 1.29 is 14.4 Å². The summed E-state index contributed by atoms with van der Waals surface area (Å²) in [5.41, 5.74) is 0. The van der Waals surface area contributed by atoms with Gasteiger partial charge in [-0.1, -0.05) is 31.4 Å². The molecule has 1 N–H and O–H groups in total. The first-order valence-corrected chi connectivity index (χ1v) is 11.2. The normalized spacial score (nSPS) is 32.2. The highest BCUT2D eigenvalue weighted by molar-refractivity contribution is 5.76. The van der Waals surface area contributed by atoms with Crippen LogP contribution >= 0.6 is 0 Å². The first kappa shape index (κ1) is 18.5. The number of morpholine rings is 1. The zero-order valence-corrected chi connectivity index (χ0v) is 16.3. The molecule has 146 valence electrons. The Bertz CT molecular complexity index is 494. The molecule has 1 aliphatic heterocycles. The van der Waals surface area contributed by atoms with Gasteiger partial charge in [-0.2, -0.15) is 0 Å². The molecule has 0 radical (unpaired) electrons. The Labute approximate surface area is 158 Å². The Morgan fingerprint density at radius 1 is 1.08 bits per heavy atom. The van der Waals surface area contributed by atoms with Gasteiger partial charge in [0.1, 0.15) is 13.1 Å². The van der Waals surface area contributed by atoms with Gasteiger partial charge in [-0.3, -0.25) is 4.79 Å². The second-order valence-corrected chi connectivity index (χ2v) is 9.20. The van der Waals surface area contributed by atoms with Crippen LogP contribution in [-0.4, -0.2) is 56.7 Å². The Morgan fingerprint density at radius 2 is 1.88 bits per heavy atom. The second kappa shape index (κ2) is 8.88. The maximum atomic E-state index is 13.2. The van der Waals surface area contributed by atoms with Crippen molar-refractivity contribution in [3.8, 4) is 0 Å². The van der Waals surface area contributed by atoms with Gasteiger partial charge in [-0.05, 0) is 49.4 Å². The zero-order valence-electron chi connectivity index (χ0n) is 16.3. The lowest BCUT2D eigenvalue weighted by Crippen LogP contribution is -3.14. The van der Waals surface area contributed by atoms with Gasteiger partial charge in [0.2, 0.25) is 5.91 Å². The summed E-state index contributed by atoms with van der Waals surface area (Å²) in [7, 11) is 0. The molecule has 2 bridgehead atoms. The number of ether oxygens (including phenoxy) is 1. The predicted molar refractivity (Wildman–Crippen MR) is 103 cm³/mol. The van der Waals surface area contributed by atoms with Crippen LogP contribution in [0.5, 0.6) is 0 Å². The van der Waals surface area contributed by atoms with Crippen molar-refractivity contribution in [2.45, 2.75) is 51.4 Å². The van der Waals surface area contributed by atoms with E-state index < -0.39 is 0 Å². The number of carbonyl (C=O) groups is 1. The van der Waals surface area contributed by atoms with E-state index in [0.29, 0.717) is 17.7 Å². The maximum absolute atomic E-state index is 13.2. The van der Waals surface area contributed by atoms with Crippen LogP contribution in [0.15, 0.2) is 12.2 Å². The molecule has 4 aliphatic rings. The van der Waals surface area contributed by atoms with Gasteiger partial charge in [0.25, 0.3) is 0 Å². The van der Waals surface area contributed by atoms with Gasteiger partial charge < -0.3 is 14.5 Å². The first-order chi connectivity index (χ1) is 12.8. The van der Waals surface area contributed by atoms with E-state index in [1.807, 2.05) is 0 Å². The molecule has 4 nitrogen and oxygen atoms in total. The van der Waals surface area contributed by atoms with Crippen LogP contribution in [0.4, 0.5) is 0 Å². The second-order valence-electron chi connectivity index (χ2n) is 9.20. The highest BCUT2D eigenvalue weighted by Crippen LogP contribution is 2.43. The third-order valence-electron chi connectivity index (χ3n) is 7.35. The Hall–Kier alpha value is -0.870. The monoisotopic (exact) mass is 361 g/mol. The van der Waals surface area contributed by atoms with Gasteiger partial charge in [0, 0.05) is 13.0 Å². The molecule has 26 heavy (non-hydrogen) atoms. The van der Waals surface area contributed by atoms with Crippen LogP contribution in [0.1, 0.15) is 51.4 Å². The van der Waals surface area contributed by atoms with Crippen molar-refractivity contribution in [1.82, 2.24) is 4.90 Å². The molecule has 3 aliphatic carbocycles. The summed E-state index contributed by atoms with van der Waals surface area (Å²) in [5, 5.41) is 0. The minimum absolute atomic E-state index is 0.441. The summed E-state index contributed by atoms with van der Waals surface area (Å²) >= 11 is 0. The lowest BCUT2D eigenvalue weighted by molar-refractivity contribution is -0.907. The van der Waals surface area contributed by atoms with Crippen molar-refractivity contribution >= 4 is 5.91 Å². The fourth-order valence-corrected chi connectivity index (χ4v) is 5.68. The van der Waals surface area contributed by atoms with E-state index in [1.54, 1.807) is 4.90 Å². The fourth-order valence-electron chi connectivity index (χ4n) is 5.68. The summed E-state index contributed by atoms with van der Waals surface area (Å²) in [4.78, 5) is 17.0. The fraction of sp³-hybridized carbons (Fsp3) is 0.864. The molecule has 3 atom stereocenters. The molecule has 2 saturated carbocycles. The van der Waals surface area contributed by atoms with Gasteiger partial charge in [-0.15, -0.1) is 0 Å². The van der Waals surface area contributed by atoms with Crippen molar-refractivity contribution in [3.63, 3.8) is 0 Å². The lowest BCUT2D eigenvalue weighted by atomic mass is 9.86. The molecule has 0 unspecified atom stereocenters. The van der Waals surface area contributed by atoms with Crippen LogP contribution in [-0.2, 0) is 9.53 Å². The number of amides is 1. The van der Waals surface area contributed by atoms with E-state index in [4.69, 9.17) is 4.74 Å².